The van der Waals surface area contributed by atoms with E-state index >= 15 is 0 Å². The molecule has 3 nitrogen and oxygen atoms in total. The summed E-state index contributed by atoms with van der Waals surface area (Å²) < 4.78 is 9.78. The van der Waals surface area contributed by atoms with E-state index in [9.17, 15) is 0 Å². The molecule has 0 atom stereocenters. The first-order valence-electron chi connectivity index (χ1n) is 2.85. The van der Waals surface area contributed by atoms with E-state index in [1.54, 1.807) is 0 Å². The predicted octanol–water partition coefficient (Wildman–Crippen LogP) is 1.28. The zero-order valence-corrected chi connectivity index (χ0v) is 6.52. The molecule has 54 valence electrons. The molecule has 1 aliphatic heterocycles. The molecular formula is C5H11O3P. The van der Waals surface area contributed by atoms with E-state index in [4.69, 9.17) is 13.9 Å². The Bertz CT molecular complexity index is 94.4. The van der Waals surface area contributed by atoms with Gasteiger partial charge in [0.2, 0.25) is 0 Å². The van der Waals surface area contributed by atoms with Crippen LogP contribution in [0.25, 0.3) is 0 Å². The van der Waals surface area contributed by atoms with Gasteiger partial charge in [0.1, 0.15) is 0 Å². The Morgan fingerprint density at radius 3 is 2.11 bits per heavy atom. The van der Waals surface area contributed by atoms with Gasteiger partial charge in [0.15, 0.2) is 0 Å². The van der Waals surface area contributed by atoms with Crippen molar-refractivity contribution in [2.24, 2.45) is 5.41 Å². The predicted molar refractivity (Wildman–Crippen MR) is 34.8 cm³/mol. The smallest absolute Gasteiger partial charge is 0.328 e. The molecule has 0 spiro atoms. The minimum Gasteiger partial charge on any atom is -0.328 e. The van der Waals surface area contributed by atoms with E-state index in [1.807, 2.05) is 13.8 Å². The molecular weight excluding hydrogens is 139 g/mol. The molecule has 1 heterocycles. The lowest BCUT2D eigenvalue weighted by atomic mass is 9.97. The van der Waals surface area contributed by atoms with Gasteiger partial charge in [-0.2, -0.15) is 0 Å². The minimum atomic E-state index is -1.55. The van der Waals surface area contributed by atoms with Gasteiger partial charge in [0.05, 0.1) is 13.2 Å². The van der Waals surface area contributed by atoms with Crippen LogP contribution in [0.3, 0.4) is 0 Å². The zero-order chi connectivity index (χ0) is 6.91. The highest BCUT2D eigenvalue weighted by molar-refractivity contribution is 7.40. The zero-order valence-electron chi connectivity index (χ0n) is 5.63. The van der Waals surface area contributed by atoms with Crippen LogP contribution in [0.2, 0.25) is 0 Å². The molecule has 0 unspecified atom stereocenters. The summed E-state index contributed by atoms with van der Waals surface area (Å²) in [5.41, 5.74) is 0.0710. The van der Waals surface area contributed by atoms with E-state index in [1.165, 1.54) is 0 Å². The lowest BCUT2D eigenvalue weighted by Gasteiger charge is -2.30. The lowest BCUT2D eigenvalue weighted by Crippen LogP contribution is -2.27. The average Bonchev–Trinajstić information content (AvgIpc) is 1.78. The maximum absolute atomic E-state index is 8.76. The highest BCUT2D eigenvalue weighted by Gasteiger charge is 2.27. The summed E-state index contributed by atoms with van der Waals surface area (Å²) in [6, 6.07) is 0. The first-order valence-corrected chi connectivity index (χ1v) is 3.98. The Labute approximate surface area is 56.0 Å². The molecule has 9 heavy (non-hydrogen) atoms. The Hall–Kier alpha value is 0.310. The largest absolute Gasteiger partial charge is 0.329 e. The van der Waals surface area contributed by atoms with Crippen molar-refractivity contribution in [2.45, 2.75) is 13.8 Å². The van der Waals surface area contributed by atoms with Crippen LogP contribution >= 0.6 is 8.60 Å². The van der Waals surface area contributed by atoms with Crippen molar-refractivity contribution in [3.05, 3.63) is 0 Å². The van der Waals surface area contributed by atoms with Crippen molar-refractivity contribution in [3.63, 3.8) is 0 Å². The summed E-state index contributed by atoms with van der Waals surface area (Å²) in [5, 5.41) is 0. The molecule has 1 rings (SSSR count). The summed E-state index contributed by atoms with van der Waals surface area (Å²) >= 11 is 0. The van der Waals surface area contributed by atoms with Gasteiger partial charge in [-0.25, -0.2) is 0 Å². The highest BCUT2D eigenvalue weighted by atomic mass is 31.2. The molecule has 0 radical (unpaired) electrons. The van der Waals surface area contributed by atoms with Gasteiger partial charge in [-0.15, -0.1) is 0 Å². The molecule has 0 aromatic rings. The van der Waals surface area contributed by atoms with E-state index < -0.39 is 8.60 Å². The highest BCUT2D eigenvalue weighted by Crippen LogP contribution is 2.41. The van der Waals surface area contributed by atoms with Gasteiger partial charge in [0.25, 0.3) is 0 Å². The van der Waals surface area contributed by atoms with Gasteiger partial charge in [0, 0.05) is 5.41 Å². The normalized spacial score (nSPS) is 28.3. The summed E-state index contributed by atoms with van der Waals surface area (Å²) in [5.74, 6) is 0. The van der Waals surface area contributed by atoms with Crippen molar-refractivity contribution in [2.75, 3.05) is 13.2 Å². The fourth-order valence-electron chi connectivity index (χ4n) is 0.539. The van der Waals surface area contributed by atoms with Crippen molar-refractivity contribution < 1.29 is 13.9 Å². The van der Waals surface area contributed by atoms with Crippen molar-refractivity contribution >= 4 is 8.60 Å². The fourth-order valence-corrected chi connectivity index (χ4v) is 1.53. The van der Waals surface area contributed by atoms with E-state index in [2.05, 4.69) is 0 Å². The Balaban J connectivity index is 2.35. The van der Waals surface area contributed by atoms with Gasteiger partial charge in [-0.05, 0) is 0 Å². The third-order valence-electron chi connectivity index (χ3n) is 1.13. The van der Waals surface area contributed by atoms with Gasteiger partial charge >= 0.3 is 8.60 Å². The first kappa shape index (κ1) is 7.42. The second-order valence-corrected chi connectivity index (χ2v) is 3.94. The van der Waals surface area contributed by atoms with Gasteiger partial charge in [-0.3, -0.25) is 0 Å². The Morgan fingerprint density at radius 1 is 1.33 bits per heavy atom. The second-order valence-electron chi connectivity index (χ2n) is 2.95. The molecule has 0 saturated carbocycles. The van der Waals surface area contributed by atoms with E-state index in [-0.39, 0.29) is 5.41 Å². The lowest BCUT2D eigenvalue weighted by molar-refractivity contribution is 0.0399. The summed E-state index contributed by atoms with van der Waals surface area (Å²) in [7, 11) is -1.55. The molecule has 1 aliphatic rings. The standard InChI is InChI=1S/C5H11O3P/c1-5(2)3-7-9(6)8-4-5/h6H,3-4H2,1-2H3. The molecule has 0 amide bonds. The molecule has 1 fully saturated rings. The summed E-state index contributed by atoms with van der Waals surface area (Å²) in [6.45, 7) is 5.26. The van der Waals surface area contributed by atoms with Crippen LogP contribution in [0.1, 0.15) is 13.8 Å². The first-order chi connectivity index (χ1) is 4.10. The van der Waals surface area contributed by atoms with Crippen LogP contribution in [0.15, 0.2) is 0 Å². The van der Waals surface area contributed by atoms with Gasteiger partial charge < -0.3 is 13.9 Å². The Kier molecular flexibility index (Phi) is 2.07. The topological polar surface area (TPSA) is 38.7 Å². The van der Waals surface area contributed by atoms with Crippen LogP contribution in [-0.2, 0) is 9.05 Å². The molecule has 0 bridgehead atoms. The van der Waals surface area contributed by atoms with E-state index in [0.29, 0.717) is 13.2 Å². The van der Waals surface area contributed by atoms with Crippen LogP contribution in [0.4, 0.5) is 0 Å². The van der Waals surface area contributed by atoms with Crippen LogP contribution < -0.4 is 0 Å². The average molecular weight is 150 g/mol. The van der Waals surface area contributed by atoms with Crippen LogP contribution in [-0.4, -0.2) is 18.1 Å². The third-order valence-corrected chi connectivity index (χ3v) is 1.83. The maximum atomic E-state index is 8.76. The molecule has 4 heteroatoms. The van der Waals surface area contributed by atoms with Crippen molar-refractivity contribution in [1.29, 1.82) is 0 Å². The minimum absolute atomic E-state index is 0.0710. The second kappa shape index (κ2) is 2.51. The Morgan fingerprint density at radius 2 is 1.78 bits per heavy atom. The SMILES string of the molecule is CC1(C)COP(O)OC1. The van der Waals surface area contributed by atoms with E-state index in [0.717, 1.165) is 0 Å². The summed E-state index contributed by atoms with van der Waals surface area (Å²) in [4.78, 5) is 8.76. The van der Waals surface area contributed by atoms with Gasteiger partial charge in [-0.1, -0.05) is 13.8 Å². The molecule has 0 aliphatic carbocycles. The third kappa shape index (κ3) is 2.18. The number of hydrogen-bond donors (Lipinski definition) is 1. The summed E-state index contributed by atoms with van der Waals surface area (Å²) in [6.07, 6.45) is 0. The molecule has 0 aromatic carbocycles. The maximum Gasteiger partial charge on any atom is 0.329 e. The molecule has 1 N–H and O–H groups in total. The quantitative estimate of drug-likeness (QED) is 0.528. The van der Waals surface area contributed by atoms with Crippen LogP contribution in [0, 0.1) is 5.41 Å². The monoisotopic (exact) mass is 150 g/mol. The molecule has 1 saturated heterocycles. The fraction of sp³-hybridized carbons (Fsp3) is 1.00. The van der Waals surface area contributed by atoms with Crippen molar-refractivity contribution in [1.82, 2.24) is 0 Å². The van der Waals surface area contributed by atoms with Crippen molar-refractivity contribution in [3.8, 4) is 0 Å². The molecule has 0 aromatic heterocycles. The number of hydrogen-bond acceptors (Lipinski definition) is 3. The number of rotatable bonds is 0. The van der Waals surface area contributed by atoms with Crippen LogP contribution in [0.5, 0.6) is 0 Å².